The van der Waals surface area contributed by atoms with Crippen molar-refractivity contribution in [3.8, 4) is 0 Å². The quantitative estimate of drug-likeness (QED) is 0.407. The van der Waals surface area contributed by atoms with Crippen molar-refractivity contribution in [2.75, 3.05) is 6.54 Å². The summed E-state index contributed by atoms with van der Waals surface area (Å²) in [7, 11) is 0. The Kier molecular flexibility index (Phi) is 8.55. The largest absolute Gasteiger partial charge is 0.481 e. The fourth-order valence-electron chi connectivity index (χ4n) is 1.40. The Morgan fingerprint density at radius 2 is 1.72 bits per heavy atom. The van der Waals surface area contributed by atoms with E-state index in [4.69, 9.17) is 15.9 Å². The SMILES string of the molecule is NCCCCCC(=O)NC(CCC(=O)O)C(=O)O. The molecule has 0 aromatic carbocycles. The number of hydrogen-bond donors (Lipinski definition) is 4. The zero-order valence-electron chi connectivity index (χ0n) is 10.2. The molecule has 0 aromatic rings. The molecule has 1 atom stereocenters. The number of nitrogens with one attached hydrogen (secondary N) is 1. The van der Waals surface area contributed by atoms with Gasteiger partial charge in [0.1, 0.15) is 6.04 Å². The van der Waals surface area contributed by atoms with E-state index < -0.39 is 18.0 Å². The molecule has 7 nitrogen and oxygen atoms in total. The minimum Gasteiger partial charge on any atom is -0.481 e. The first-order chi connectivity index (χ1) is 8.47. The monoisotopic (exact) mass is 260 g/mol. The zero-order valence-corrected chi connectivity index (χ0v) is 10.2. The van der Waals surface area contributed by atoms with E-state index in [9.17, 15) is 14.4 Å². The van der Waals surface area contributed by atoms with Crippen molar-refractivity contribution >= 4 is 17.8 Å². The number of nitrogens with two attached hydrogens (primary N) is 1. The molecule has 0 rings (SSSR count). The third-order valence-electron chi connectivity index (χ3n) is 2.39. The number of carbonyl (C=O) groups is 3. The molecule has 0 bridgehead atoms. The molecule has 1 amide bonds. The second kappa shape index (κ2) is 9.41. The van der Waals surface area contributed by atoms with Crippen LogP contribution in [0.25, 0.3) is 0 Å². The van der Waals surface area contributed by atoms with Gasteiger partial charge >= 0.3 is 11.9 Å². The summed E-state index contributed by atoms with van der Waals surface area (Å²) in [5.41, 5.74) is 5.30. The Bertz CT molecular complexity index is 293. The average Bonchev–Trinajstić information content (AvgIpc) is 2.29. The Morgan fingerprint density at radius 3 is 2.22 bits per heavy atom. The van der Waals surface area contributed by atoms with Gasteiger partial charge in [0.25, 0.3) is 0 Å². The smallest absolute Gasteiger partial charge is 0.326 e. The number of unbranched alkanes of at least 4 members (excludes halogenated alkanes) is 2. The molecule has 18 heavy (non-hydrogen) atoms. The molecular formula is C11H20N2O5. The van der Waals surface area contributed by atoms with Crippen LogP contribution in [-0.4, -0.2) is 40.6 Å². The number of carboxylic acids is 2. The highest BCUT2D eigenvalue weighted by Gasteiger charge is 2.20. The van der Waals surface area contributed by atoms with Crippen molar-refractivity contribution in [1.82, 2.24) is 5.32 Å². The van der Waals surface area contributed by atoms with E-state index in [1.54, 1.807) is 0 Å². The molecule has 0 aliphatic rings. The number of rotatable bonds is 10. The van der Waals surface area contributed by atoms with Crippen molar-refractivity contribution in [1.29, 1.82) is 0 Å². The summed E-state index contributed by atoms with van der Waals surface area (Å²) in [6.07, 6.45) is 2.13. The Balaban J connectivity index is 3.96. The second-order valence-corrected chi connectivity index (χ2v) is 3.99. The van der Waals surface area contributed by atoms with Crippen molar-refractivity contribution < 1.29 is 24.6 Å². The summed E-state index contributed by atoms with van der Waals surface area (Å²) in [5, 5.41) is 19.6. The third kappa shape index (κ3) is 8.51. The number of carboxylic acid groups (broad SMARTS) is 2. The normalized spacial score (nSPS) is 11.8. The van der Waals surface area contributed by atoms with Crippen LogP contribution in [-0.2, 0) is 14.4 Å². The zero-order chi connectivity index (χ0) is 14.0. The molecule has 0 aromatic heterocycles. The highest BCUT2D eigenvalue weighted by atomic mass is 16.4. The molecular weight excluding hydrogens is 240 g/mol. The molecule has 0 radical (unpaired) electrons. The van der Waals surface area contributed by atoms with Crippen LogP contribution in [0, 0.1) is 0 Å². The van der Waals surface area contributed by atoms with Crippen molar-refractivity contribution in [2.24, 2.45) is 5.73 Å². The lowest BCUT2D eigenvalue weighted by Crippen LogP contribution is -2.41. The summed E-state index contributed by atoms with van der Waals surface area (Å²) in [6.45, 7) is 0.567. The number of carbonyl (C=O) groups excluding carboxylic acids is 1. The minimum absolute atomic E-state index is 0.112. The van der Waals surface area contributed by atoms with Gasteiger partial charge in [0.2, 0.25) is 5.91 Å². The summed E-state index contributed by atoms with van der Waals surface area (Å²) in [6, 6.07) is -1.14. The summed E-state index contributed by atoms with van der Waals surface area (Å²) < 4.78 is 0. The molecule has 104 valence electrons. The first kappa shape index (κ1) is 16.4. The van der Waals surface area contributed by atoms with Gasteiger partial charge in [-0.15, -0.1) is 0 Å². The van der Waals surface area contributed by atoms with E-state index in [1.165, 1.54) is 0 Å². The van der Waals surface area contributed by atoms with Crippen LogP contribution in [0.15, 0.2) is 0 Å². The highest BCUT2D eigenvalue weighted by molar-refractivity contribution is 5.83. The summed E-state index contributed by atoms with van der Waals surface area (Å²) >= 11 is 0. The lowest BCUT2D eigenvalue weighted by Gasteiger charge is -2.13. The predicted octanol–water partition coefficient (Wildman–Crippen LogP) is -0.0603. The van der Waals surface area contributed by atoms with E-state index >= 15 is 0 Å². The fourth-order valence-corrected chi connectivity index (χ4v) is 1.40. The van der Waals surface area contributed by atoms with Crippen LogP contribution in [0.5, 0.6) is 0 Å². The minimum atomic E-state index is -1.22. The van der Waals surface area contributed by atoms with Crippen LogP contribution in [0.1, 0.15) is 38.5 Å². The average molecular weight is 260 g/mol. The van der Waals surface area contributed by atoms with E-state index in [2.05, 4.69) is 5.32 Å². The van der Waals surface area contributed by atoms with Gasteiger partial charge in [-0.1, -0.05) is 6.42 Å². The molecule has 5 N–H and O–H groups in total. The number of amides is 1. The van der Waals surface area contributed by atoms with Crippen LogP contribution in [0.3, 0.4) is 0 Å². The van der Waals surface area contributed by atoms with Crippen molar-refractivity contribution in [2.45, 2.75) is 44.6 Å². The van der Waals surface area contributed by atoms with Crippen molar-refractivity contribution in [3.63, 3.8) is 0 Å². The van der Waals surface area contributed by atoms with Gasteiger partial charge in [0.15, 0.2) is 0 Å². The molecule has 7 heteroatoms. The van der Waals surface area contributed by atoms with Gasteiger partial charge in [-0.3, -0.25) is 9.59 Å². The fraction of sp³-hybridized carbons (Fsp3) is 0.727. The molecule has 0 saturated heterocycles. The predicted molar refractivity (Wildman–Crippen MR) is 64.0 cm³/mol. The molecule has 0 saturated carbocycles. The Labute approximate surface area is 105 Å². The maximum absolute atomic E-state index is 11.4. The van der Waals surface area contributed by atoms with Gasteiger partial charge in [0, 0.05) is 12.8 Å². The lowest BCUT2D eigenvalue weighted by atomic mass is 10.1. The molecule has 0 heterocycles. The topological polar surface area (TPSA) is 130 Å². The number of hydrogen-bond acceptors (Lipinski definition) is 4. The van der Waals surface area contributed by atoms with E-state index in [-0.39, 0.29) is 25.2 Å². The molecule has 0 aliphatic carbocycles. The standard InChI is InChI=1S/C11H20N2O5/c12-7-3-1-2-4-9(14)13-8(11(17)18)5-6-10(15)16/h8H,1-7,12H2,(H,13,14)(H,15,16)(H,17,18). The van der Waals surface area contributed by atoms with Crippen LogP contribution in [0.4, 0.5) is 0 Å². The summed E-state index contributed by atoms with van der Waals surface area (Å²) in [5.74, 6) is -2.67. The van der Waals surface area contributed by atoms with Gasteiger partial charge in [0.05, 0.1) is 0 Å². The molecule has 0 spiro atoms. The van der Waals surface area contributed by atoms with Gasteiger partial charge in [-0.2, -0.15) is 0 Å². The van der Waals surface area contributed by atoms with E-state index in [0.29, 0.717) is 13.0 Å². The van der Waals surface area contributed by atoms with Crippen molar-refractivity contribution in [3.05, 3.63) is 0 Å². The van der Waals surface area contributed by atoms with Crippen LogP contribution >= 0.6 is 0 Å². The first-order valence-corrected chi connectivity index (χ1v) is 5.91. The maximum Gasteiger partial charge on any atom is 0.326 e. The van der Waals surface area contributed by atoms with Gasteiger partial charge in [-0.05, 0) is 25.8 Å². The molecule has 0 fully saturated rings. The molecule has 0 aliphatic heterocycles. The number of aliphatic carboxylic acids is 2. The molecule has 1 unspecified atom stereocenters. The first-order valence-electron chi connectivity index (χ1n) is 5.91. The summed E-state index contributed by atoms with van der Waals surface area (Å²) in [4.78, 5) is 32.6. The van der Waals surface area contributed by atoms with Gasteiger partial charge < -0.3 is 21.3 Å². The highest BCUT2D eigenvalue weighted by Crippen LogP contribution is 2.02. The maximum atomic E-state index is 11.4. The van der Waals surface area contributed by atoms with Crippen LogP contribution < -0.4 is 11.1 Å². The van der Waals surface area contributed by atoms with Gasteiger partial charge in [-0.25, -0.2) is 4.79 Å². The Hall–Kier alpha value is -1.63. The van der Waals surface area contributed by atoms with Crippen LogP contribution in [0.2, 0.25) is 0 Å². The van der Waals surface area contributed by atoms with E-state index in [0.717, 1.165) is 12.8 Å². The third-order valence-corrected chi connectivity index (χ3v) is 2.39. The second-order valence-electron chi connectivity index (χ2n) is 3.99. The Morgan fingerprint density at radius 1 is 1.06 bits per heavy atom. The lowest BCUT2D eigenvalue weighted by molar-refractivity contribution is -0.143. The van der Waals surface area contributed by atoms with E-state index in [1.807, 2.05) is 0 Å².